The van der Waals surface area contributed by atoms with Crippen LogP contribution >= 0.6 is 0 Å². The first-order chi connectivity index (χ1) is 5.42. The van der Waals surface area contributed by atoms with Gasteiger partial charge >= 0.3 is 0 Å². The highest BCUT2D eigenvalue weighted by molar-refractivity contribution is 5.70. The second-order valence-corrected chi connectivity index (χ2v) is 3.13. The normalized spacial score (nSPS) is 30.1. The Morgan fingerprint density at radius 1 is 1.75 bits per heavy atom. The number of aliphatic hydroxyl groups is 1. The van der Waals surface area contributed by atoms with E-state index in [0.29, 0.717) is 0 Å². The summed E-state index contributed by atoms with van der Waals surface area (Å²) >= 11 is 0. The number of hydrogen-bond acceptors (Lipinski definition) is 5. The van der Waals surface area contributed by atoms with Crippen molar-refractivity contribution >= 4 is 5.97 Å². The molecule has 2 atom stereocenters. The van der Waals surface area contributed by atoms with Crippen LogP contribution in [0.5, 0.6) is 0 Å². The molecule has 1 rings (SSSR count). The molecule has 0 bridgehead atoms. The summed E-state index contributed by atoms with van der Waals surface area (Å²) in [7, 11) is 0. The minimum absolute atomic E-state index is 0.0716. The van der Waals surface area contributed by atoms with Gasteiger partial charge in [0.1, 0.15) is 12.2 Å². The van der Waals surface area contributed by atoms with Crippen LogP contribution in [0.15, 0.2) is 0 Å². The molecule has 1 fully saturated rings. The number of ether oxygens (including phenoxy) is 2. The number of rotatable bonds is 2. The van der Waals surface area contributed by atoms with Crippen LogP contribution in [-0.2, 0) is 14.3 Å². The van der Waals surface area contributed by atoms with Gasteiger partial charge < -0.3 is 24.5 Å². The number of carboxylic acid groups (broad SMARTS) is 1. The number of aliphatic carboxylic acids is 1. The number of aliphatic hydroxyl groups excluding tert-OH is 1. The second kappa shape index (κ2) is 3.01. The van der Waals surface area contributed by atoms with E-state index in [2.05, 4.69) is 0 Å². The van der Waals surface area contributed by atoms with Gasteiger partial charge in [-0.05, 0) is 13.8 Å². The molecular weight excluding hydrogens is 164 g/mol. The Balaban J connectivity index is 2.52. The average Bonchev–Trinajstić information content (AvgIpc) is 2.28. The molecule has 0 amide bonds. The van der Waals surface area contributed by atoms with Crippen LogP contribution in [0.2, 0.25) is 0 Å². The van der Waals surface area contributed by atoms with Crippen molar-refractivity contribution in [3.8, 4) is 0 Å². The zero-order chi connectivity index (χ0) is 9.35. The molecule has 1 N–H and O–H groups in total. The average molecular weight is 175 g/mol. The van der Waals surface area contributed by atoms with E-state index in [1.54, 1.807) is 13.8 Å². The predicted molar refractivity (Wildman–Crippen MR) is 35.9 cm³/mol. The molecule has 1 heterocycles. The molecule has 0 spiro atoms. The fraction of sp³-hybridized carbons (Fsp3) is 0.857. The van der Waals surface area contributed by atoms with Crippen LogP contribution < -0.4 is 5.11 Å². The maximum absolute atomic E-state index is 10.2. The van der Waals surface area contributed by atoms with Crippen LogP contribution in [0.3, 0.4) is 0 Å². The van der Waals surface area contributed by atoms with Crippen LogP contribution in [0.25, 0.3) is 0 Å². The molecule has 0 aromatic carbocycles. The predicted octanol–water partition coefficient (Wildman–Crippen LogP) is -1.75. The van der Waals surface area contributed by atoms with Crippen molar-refractivity contribution in [3.63, 3.8) is 0 Å². The topological polar surface area (TPSA) is 78.8 Å². The molecule has 1 aliphatic rings. The maximum Gasteiger partial charge on any atom is 0.163 e. The molecule has 0 aromatic heterocycles. The quantitative estimate of drug-likeness (QED) is 0.538. The van der Waals surface area contributed by atoms with Crippen molar-refractivity contribution in [2.45, 2.75) is 31.8 Å². The first kappa shape index (κ1) is 9.44. The van der Waals surface area contributed by atoms with Crippen molar-refractivity contribution in [1.82, 2.24) is 0 Å². The lowest BCUT2D eigenvalue weighted by Crippen LogP contribution is -2.44. The van der Waals surface area contributed by atoms with E-state index < -0.39 is 24.0 Å². The number of carbonyl (C=O) groups is 1. The summed E-state index contributed by atoms with van der Waals surface area (Å²) in [5.74, 6) is -2.36. The largest absolute Gasteiger partial charge is 0.547 e. The fourth-order valence-electron chi connectivity index (χ4n) is 1.02. The number of hydrogen-bond donors (Lipinski definition) is 1. The van der Waals surface area contributed by atoms with Gasteiger partial charge in [-0.15, -0.1) is 0 Å². The standard InChI is InChI=1S/C7H12O5/c1-7(2)11-3-4(12-7)5(8)6(9)10/h4-5,8H,3H2,1-2H3,(H,9,10)/p-1/t4-,5+/m0/s1. The summed E-state index contributed by atoms with van der Waals surface area (Å²) in [6.07, 6.45) is -2.45. The molecule has 0 saturated carbocycles. The van der Waals surface area contributed by atoms with E-state index in [1.165, 1.54) is 0 Å². The maximum atomic E-state index is 10.2. The van der Waals surface area contributed by atoms with E-state index in [1.807, 2.05) is 0 Å². The van der Waals surface area contributed by atoms with E-state index in [-0.39, 0.29) is 6.61 Å². The first-order valence-corrected chi connectivity index (χ1v) is 3.63. The number of carboxylic acids is 1. The molecule has 70 valence electrons. The molecule has 0 aromatic rings. The molecule has 5 nitrogen and oxygen atoms in total. The third-order valence-electron chi connectivity index (χ3n) is 1.62. The summed E-state index contributed by atoms with van der Waals surface area (Å²) in [5.41, 5.74) is 0. The van der Waals surface area contributed by atoms with Crippen LogP contribution in [0.4, 0.5) is 0 Å². The molecule has 0 aliphatic carbocycles. The fourth-order valence-corrected chi connectivity index (χ4v) is 1.02. The Bertz CT molecular complexity index is 188. The Morgan fingerprint density at radius 2 is 2.33 bits per heavy atom. The van der Waals surface area contributed by atoms with Gasteiger partial charge in [-0.25, -0.2) is 0 Å². The Labute approximate surface area is 69.9 Å². The molecule has 5 heteroatoms. The van der Waals surface area contributed by atoms with Gasteiger partial charge in [-0.2, -0.15) is 0 Å². The van der Waals surface area contributed by atoms with Crippen molar-refractivity contribution in [2.24, 2.45) is 0 Å². The lowest BCUT2D eigenvalue weighted by Gasteiger charge is -2.20. The first-order valence-electron chi connectivity index (χ1n) is 3.63. The van der Waals surface area contributed by atoms with Crippen LogP contribution in [0.1, 0.15) is 13.8 Å². The Kier molecular flexibility index (Phi) is 2.36. The van der Waals surface area contributed by atoms with Gasteiger partial charge in [0, 0.05) is 0 Å². The van der Waals surface area contributed by atoms with Gasteiger partial charge in [-0.3, -0.25) is 0 Å². The number of carbonyl (C=O) groups excluding carboxylic acids is 1. The van der Waals surface area contributed by atoms with E-state index >= 15 is 0 Å². The van der Waals surface area contributed by atoms with Crippen LogP contribution in [0, 0.1) is 0 Å². The third-order valence-corrected chi connectivity index (χ3v) is 1.62. The Morgan fingerprint density at radius 3 is 2.67 bits per heavy atom. The van der Waals surface area contributed by atoms with Gasteiger partial charge in [0.25, 0.3) is 0 Å². The van der Waals surface area contributed by atoms with Gasteiger partial charge in [-0.1, -0.05) is 0 Å². The minimum atomic E-state index is -1.62. The summed E-state index contributed by atoms with van der Waals surface area (Å²) in [5, 5.41) is 19.2. The Hall–Kier alpha value is -0.650. The van der Waals surface area contributed by atoms with Crippen molar-refractivity contribution in [2.75, 3.05) is 6.61 Å². The van der Waals surface area contributed by atoms with Gasteiger partial charge in [0.15, 0.2) is 5.79 Å². The molecule has 0 radical (unpaired) electrons. The zero-order valence-electron chi connectivity index (χ0n) is 6.94. The molecule has 1 saturated heterocycles. The summed E-state index contributed by atoms with van der Waals surface area (Å²) < 4.78 is 10.1. The lowest BCUT2D eigenvalue weighted by atomic mass is 10.2. The SMILES string of the molecule is CC1(C)OC[C@@H]([C@@H](O)C(=O)[O-])O1. The van der Waals surface area contributed by atoms with Crippen molar-refractivity contribution < 1.29 is 24.5 Å². The lowest BCUT2D eigenvalue weighted by molar-refractivity contribution is -0.319. The molecule has 1 aliphatic heterocycles. The highest BCUT2D eigenvalue weighted by Gasteiger charge is 2.37. The monoisotopic (exact) mass is 175 g/mol. The summed E-state index contributed by atoms with van der Waals surface area (Å²) in [4.78, 5) is 10.2. The van der Waals surface area contributed by atoms with Gasteiger partial charge in [0.2, 0.25) is 0 Å². The summed E-state index contributed by atoms with van der Waals surface area (Å²) in [6, 6.07) is 0. The molecule has 0 unspecified atom stereocenters. The highest BCUT2D eigenvalue weighted by Crippen LogP contribution is 2.23. The van der Waals surface area contributed by atoms with E-state index in [9.17, 15) is 9.90 Å². The van der Waals surface area contributed by atoms with Crippen molar-refractivity contribution in [1.29, 1.82) is 0 Å². The van der Waals surface area contributed by atoms with Crippen molar-refractivity contribution in [3.05, 3.63) is 0 Å². The van der Waals surface area contributed by atoms with Crippen LogP contribution in [-0.4, -0.2) is 35.7 Å². The third kappa shape index (κ3) is 1.94. The minimum Gasteiger partial charge on any atom is -0.547 e. The van der Waals surface area contributed by atoms with E-state index in [4.69, 9.17) is 14.6 Å². The molecule has 12 heavy (non-hydrogen) atoms. The zero-order valence-corrected chi connectivity index (χ0v) is 6.94. The molecular formula is C7H11O5-. The summed E-state index contributed by atoms with van der Waals surface area (Å²) in [6.45, 7) is 3.37. The highest BCUT2D eigenvalue weighted by atomic mass is 16.7. The van der Waals surface area contributed by atoms with E-state index in [0.717, 1.165) is 0 Å². The second-order valence-electron chi connectivity index (χ2n) is 3.13. The smallest absolute Gasteiger partial charge is 0.163 e. The van der Waals surface area contributed by atoms with Gasteiger partial charge in [0.05, 0.1) is 12.6 Å².